The number of nitrogens with zero attached hydrogens (tertiary/aromatic N) is 1. The molecule has 0 saturated carbocycles. The third kappa shape index (κ3) is 3.94. The number of nitrogen functional groups attached to an aromatic ring is 1. The van der Waals surface area contributed by atoms with Gasteiger partial charge in [0.2, 0.25) is 0 Å². The van der Waals surface area contributed by atoms with Crippen LogP contribution >= 0.6 is 0 Å². The number of carbonyl (C=O) groups is 1. The van der Waals surface area contributed by atoms with E-state index >= 15 is 0 Å². The first kappa shape index (κ1) is 16.2. The summed E-state index contributed by atoms with van der Waals surface area (Å²) in [5.74, 6) is 2.80. The fourth-order valence-electron chi connectivity index (χ4n) is 2.57. The van der Waals surface area contributed by atoms with Crippen LogP contribution < -0.4 is 10.6 Å². The van der Waals surface area contributed by atoms with Crippen molar-refractivity contribution in [3.63, 3.8) is 0 Å². The Kier molecular flexibility index (Phi) is 4.65. The van der Waals surface area contributed by atoms with Gasteiger partial charge < -0.3 is 15.4 Å². The topological polar surface area (TPSA) is 55.6 Å². The summed E-state index contributed by atoms with van der Waals surface area (Å²) in [4.78, 5) is 14.4. The quantitative estimate of drug-likeness (QED) is 0.518. The Balaban J connectivity index is 2.10. The fourth-order valence-corrected chi connectivity index (χ4v) is 2.57. The highest BCUT2D eigenvalue weighted by atomic mass is 16.6. The predicted octanol–water partition coefficient (Wildman–Crippen LogP) is 3.07. The highest BCUT2D eigenvalue weighted by molar-refractivity contribution is 5.96. The Bertz CT molecular complexity index is 588. The maximum atomic E-state index is 12.1. The Morgan fingerprint density at radius 1 is 1.36 bits per heavy atom. The number of hydrogen-bond acceptors (Lipinski definition) is 4. The molecule has 22 heavy (non-hydrogen) atoms. The van der Waals surface area contributed by atoms with Gasteiger partial charge in [0.1, 0.15) is 5.60 Å². The van der Waals surface area contributed by atoms with E-state index < -0.39 is 5.60 Å². The molecule has 0 amide bonds. The molecule has 2 N–H and O–H groups in total. The van der Waals surface area contributed by atoms with E-state index in [9.17, 15) is 4.79 Å². The van der Waals surface area contributed by atoms with E-state index in [-0.39, 0.29) is 5.97 Å². The maximum Gasteiger partial charge on any atom is 0.340 e. The lowest BCUT2D eigenvalue weighted by Gasteiger charge is -2.32. The average Bonchev–Trinajstić information content (AvgIpc) is 2.45. The first-order chi connectivity index (χ1) is 10.3. The zero-order valence-electron chi connectivity index (χ0n) is 13.6. The van der Waals surface area contributed by atoms with Crippen molar-refractivity contribution in [1.82, 2.24) is 0 Å². The molecule has 1 aromatic rings. The molecular weight excluding hydrogens is 276 g/mol. The molecule has 0 aromatic heterocycles. The first-order valence-electron chi connectivity index (χ1n) is 7.64. The molecule has 4 heteroatoms. The molecule has 0 spiro atoms. The summed E-state index contributed by atoms with van der Waals surface area (Å²) in [6.07, 6.45) is 7.46. The van der Waals surface area contributed by atoms with Gasteiger partial charge in [-0.1, -0.05) is 0 Å². The second-order valence-electron chi connectivity index (χ2n) is 6.70. The smallest absolute Gasteiger partial charge is 0.340 e. The third-order valence-electron chi connectivity index (χ3n) is 3.75. The molecule has 1 aliphatic heterocycles. The molecule has 0 radical (unpaired) electrons. The second kappa shape index (κ2) is 6.31. The Hall–Kier alpha value is -2.15. The molecule has 118 valence electrons. The van der Waals surface area contributed by atoms with Crippen molar-refractivity contribution in [3.05, 3.63) is 23.8 Å². The van der Waals surface area contributed by atoms with Gasteiger partial charge >= 0.3 is 5.97 Å². The van der Waals surface area contributed by atoms with Crippen LogP contribution in [0.5, 0.6) is 0 Å². The van der Waals surface area contributed by atoms with Gasteiger partial charge in [-0.15, -0.1) is 12.3 Å². The van der Waals surface area contributed by atoms with E-state index in [1.54, 1.807) is 6.07 Å². The van der Waals surface area contributed by atoms with Crippen molar-refractivity contribution in [2.75, 3.05) is 23.7 Å². The molecule has 1 aliphatic rings. The lowest BCUT2D eigenvalue weighted by molar-refractivity contribution is 0.00708. The van der Waals surface area contributed by atoms with E-state index in [1.807, 2.05) is 32.9 Å². The summed E-state index contributed by atoms with van der Waals surface area (Å²) in [5, 5.41) is 0. The molecule has 1 aromatic carbocycles. The minimum absolute atomic E-state index is 0.370. The summed E-state index contributed by atoms with van der Waals surface area (Å²) < 4.78 is 5.36. The van der Waals surface area contributed by atoms with E-state index in [0.29, 0.717) is 17.2 Å². The predicted molar refractivity (Wildman–Crippen MR) is 89.8 cm³/mol. The Morgan fingerprint density at radius 2 is 2.00 bits per heavy atom. The number of terminal acetylenes is 1. The summed E-state index contributed by atoms with van der Waals surface area (Å²) in [7, 11) is 0. The van der Waals surface area contributed by atoms with Gasteiger partial charge in [0.15, 0.2) is 0 Å². The van der Waals surface area contributed by atoms with Crippen LogP contribution in [0.3, 0.4) is 0 Å². The van der Waals surface area contributed by atoms with Gasteiger partial charge in [0, 0.05) is 30.4 Å². The van der Waals surface area contributed by atoms with Gasteiger partial charge in [0.25, 0.3) is 0 Å². The van der Waals surface area contributed by atoms with Crippen LogP contribution in [0.15, 0.2) is 18.2 Å². The molecule has 0 aliphatic carbocycles. The second-order valence-corrected chi connectivity index (χ2v) is 6.70. The van der Waals surface area contributed by atoms with Crippen LogP contribution in [-0.2, 0) is 4.74 Å². The van der Waals surface area contributed by atoms with Crippen LogP contribution in [0.1, 0.15) is 44.0 Å². The molecule has 0 bridgehead atoms. The van der Waals surface area contributed by atoms with Gasteiger partial charge in [-0.3, -0.25) is 0 Å². The van der Waals surface area contributed by atoms with Crippen molar-refractivity contribution < 1.29 is 9.53 Å². The van der Waals surface area contributed by atoms with E-state index in [4.69, 9.17) is 16.9 Å². The SMILES string of the molecule is C#CC1CCN(c2ccc(C(=O)OC(C)(C)C)c(N)c2)CC1. The van der Waals surface area contributed by atoms with Crippen molar-refractivity contribution in [2.45, 2.75) is 39.2 Å². The van der Waals surface area contributed by atoms with E-state index in [1.165, 1.54) is 0 Å². The van der Waals surface area contributed by atoms with Gasteiger partial charge in [-0.25, -0.2) is 4.79 Å². The monoisotopic (exact) mass is 300 g/mol. The number of rotatable bonds is 2. The summed E-state index contributed by atoms with van der Waals surface area (Å²) in [6.45, 7) is 7.35. The minimum Gasteiger partial charge on any atom is -0.456 e. The fraction of sp³-hybridized carbons (Fsp3) is 0.500. The number of esters is 1. The molecule has 4 nitrogen and oxygen atoms in total. The van der Waals surface area contributed by atoms with Crippen molar-refractivity contribution in [1.29, 1.82) is 0 Å². The number of piperidine rings is 1. The largest absolute Gasteiger partial charge is 0.456 e. The highest BCUT2D eigenvalue weighted by Crippen LogP contribution is 2.27. The molecule has 1 fully saturated rings. The van der Waals surface area contributed by atoms with Gasteiger partial charge in [0.05, 0.1) is 5.56 Å². The summed E-state index contributed by atoms with van der Waals surface area (Å²) >= 11 is 0. The van der Waals surface area contributed by atoms with Crippen molar-refractivity contribution >= 4 is 17.3 Å². The number of benzene rings is 1. The molecule has 2 rings (SSSR count). The summed E-state index contributed by atoms with van der Waals surface area (Å²) in [5.41, 5.74) is 7.40. The van der Waals surface area contributed by atoms with Crippen LogP contribution in [0.4, 0.5) is 11.4 Å². The number of nitrogens with two attached hydrogens (primary N) is 1. The van der Waals surface area contributed by atoms with Crippen molar-refractivity contribution in [2.24, 2.45) is 5.92 Å². The lowest BCUT2D eigenvalue weighted by atomic mass is 9.97. The number of hydrogen-bond donors (Lipinski definition) is 1. The maximum absolute atomic E-state index is 12.1. The standard InChI is InChI=1S/C18H24N2O2/c1-5-13-8-10-20(11-9-13)14-6-7-15(16(19)12-14)17(21)22-18(2,3)4/h1,6-7,12-13H,8-11,19H2,2-4H3. The molecule has 0 unspecified atom stereocenters. The lowest BCUT2D eigenvalue weighted by Crippen LogP contribution is -2.33. The normalized spacial score (nSPS) is 16.2. The third-order valence-corrected chi connectivity index (χ3v) is 3.75. The minimum atomic E-state index is -0.528. The van der Waals surface area contributed by atoms with E-state index in [0.717, 1.165) is 31.6 Å². The molecule has 1 saturated heterocycles. The number of ether oxygens (including phenoxy) is 1. The van der Waals surface area contributed by atoms with Crippen LogP contribution in [0.2, 0.25) is 0 Å². The Morgan fingerprint density at radius 3 is 2.50 bits per heavy atom. The van der Waals surface area contributed by atoms with E-state index in [2.05, 4.69) is 10.8 Å². The number of anilines is 2. The summed E-state index contributed by atoms with van der Waals surface area (Å²) in [6, 6.07) is 5.51. The van der Waals surface area contributed by atoms with Crippen LogP contribution in [0, 0.1) is 18.3 Å². The van der Waals surface area contributed by atoms with Crippen LogP contribution in [-0.4, -0.2) is 24.7 Å². The first-order valence-corrected chi connectivity index (χ1v) is 7.64. The van der Waals surface area contributed by atoms with Crippen LogP contribution in [0.25, 0.3) is 0 Å². The molecular formula is C18H24N2O2. The van der Waals surface area contributed by atoms with Crippen molar-refractivity contribution in [3.8, 4) is 12.3 Å². The molecule has 0 atom stereocenters. The zero-order chi connectivity index (χ0) is 16.3. The Labute approximate surface area is 132 Å². The van der Waals surface area contributed by atoms with Gasteiger partial charge in [-0.2, -0.15) is 0 Å². The highest BCUT2D eigenvalue weighted by Gasteiger charge is 2.22. The van der Waals surface area contributed by atoms with Gasteiger partial charge in [-0.05, 0) is 51.8 Å². The average molecular weight is 300 g/mol. The number of carbonyl (C=O) groups excluding carboxylic acids is 1. The zero-order valence-corrected chi connectivity index (χ0v) is 13.6. The molecule has 1 heterocycles.